The van der Waals surface area contributed by atoms with Crippen molar-refractivity contribution in [1.29, 1.82) is 0 Å². The third kappa shape index (κ3) is 3.69. The Morgan fingerprint density at radius 3 is 2.35 bits per heavy atom. The highest BCUT2D eigenvalue weighted by Gasteiger charge is 2.36. The lowest BCUT2D eigenvalue weighted by Crippen LogP contribution is -2.50. The van der Waals surface area contributed by atoms with Crippen LogP contribution in [0.2, 0.25) is 0 Å². The summed E-state index contributed by atoms with van der Waals surface area (Å²) in [5.41, 5.74) is 6.07. The van der Waals surface area contributed by atoms with Gasteiger partial charge < -0.3 is 5.73 Å². The standard InChI is InChI=1S/C15H32N2/c1-6-14-8-7-13(5)17(14)15(10-16)12(4)9-11(2)3/h11-15H,6-10,16H2,1-5H3. The van der Waals surface area contributed by atoms with Gasteiger partial charge in [0.15, 0.2) is 0 Å². The van der Waals surface area contributed by atoms with Crippen molar-refractivity contribution in [2.75, 3.05) is 6.54 Å². The van der Waals surface area contributed by atoms with E-state index in [4.69, 9.17) is 5.73 Å². The summed E-state index contributed by atoms with van der Waals surface area (Å²) in [5.74, 6) is 1.49. The predicted octanol–water partition coefficient (Wildman–Crippen LogP) is 3.26. The Bertz CT molecular complexity index is 215. The third-order valence-corrected chi connectivity index (χ3v) is 4.44. The first-order valence-electron chi connectivity index (χ1n) is 7.48. The number of rotatable bonds is 6. The Balaban J connectivity index is 2.70. The van der Waals surface area contributed by atoms with Crippen molar-refractivity contribution in [3.63, 3.8) is 0 Å². The van der Waals surface area contributed by atoms with E-state index < -0.39 is 0 Å². The van der Waals surface area contributed by atoms with Crippen LogP contribution in [0.25, 0.3) is 0 Å². The van der Waals surface area contributed by atoms with Crippen LogP contribution in [0.3, 0.4) is 0 Å². The zero-order chi connectivity index (χ0) is 13.0. The molecule has 1 rings (SSSR count). The summed E-state index contributed by atoms with van der Waals surface area (Å²) in [6.45, 7) is 12.5. The van der Waals surface area contributed by atoms with Gasteiger partial charge in [0.05, 0.1) is 0 Å². The van der Waals surface area contributed by atoms with Gasteiger partial charge >= 0.3 is 0 Å². The van der Waals surface area contributed by atoms with Gasteiger partial charge in [-0.1, -0.05) is 27.7 Å². The molecular formula is C15H32N2. The first kappa shape index (κ1) is 15.0. The maximum absolute atomic E-state index is 6.07. The molecule has 0 aromatic carbocycles. The SMILES string of the molecule is CCC1CCC(C)N1C(CN)C(C)CC(C)C. The Morgan fingerprint density at radius 2 is 1.88 bits per heavy atom. The number of nitrogens with zero attached hydrogens (tertiary/aromatic N) is 1. The molecule has 0 bridgehead atoms. The van der Waals surface area contributed by atoms with Crippen LogP contribution in [0.4, 0.5) is 0 Å². The predicted molar refractivity (Wildman–Crippen MR) is 76.1 cm³/mol. The largest absolute Gasteiger partial charge is 0.329 e. The number of hydrogen-bond donors (Lipinski definition) is 1. The minimum absolute atomic E-state index is 0.583. The molecule has 1 heterocycles. The lowest BCUT2D eigenvalue weighted by molar-refractivity contribution is 0.0917. The zero-order valence-electron chi connectivity index (χ0n) is 12.4. The monoisotopic (exact) mass is 240 g/mol. The second kappa shape index (κ2) is 6.75. The maximum Gasteiger partial charge on any atom is 0.0249 e. The molecule has 17 heavy (non-hydrogen) atoms. The molecule has 0 amide bonds. The average Bonchev–Trinajstić information content (AvgIpc) is 2.61. The Kier molecular flexibility index (Phi) is 5.94. The normalized spacial score (nSPS) is 29.8. The summed E-state index contributed by atoms with van der Waals surface area (Å²) in [6.07, 6.45) is 5.28. The number of likely N-dealkylation sites (tertiary alicyclic amines) is 1. The highest BCUT2D eigenvalue weighted by molar-refractivity contribution is 4.91. The summed E-state index contributed by atoms with van der Waals surface area (Å²) in [4.78, 5) is 2.73. The second-order valence-corrected chi connectivity index (χ2v) is 6.35. The van der Waals surface area contributed by atoms with E-state index in [2.05, 4.69) is 39.5 Å². The van der Waals surface area contributed by atoms with Crippen molar-refractivity contribution in [3.05, 3.63) is 0 Å². The minimum atomic E-state index is 0.583. The van der Waals surface area contributed by atoms with Gasteiger partial charge in [-0.25, -0.2) is 0 Å². The first-order valence-corrected chi connectivity index (χ1v) is 7.48. The summed E-state index contributed by atoms with van der Waals surface area (Å²) < 4.78 is 0. The molecule has 2 heteroatoms. The van der Waals surface area contributed by atoms with Crippen LogP contribution in [-0.2, 0) is 0 Å². The van der Waals surface area contributed by atoms with Crippen molar-refractivity contribution in [3.8, 4) is 0 Å². The van der Waals surface area contributed by atoms with Crippen LogP contribution in [0.1, 0.15) is 60.3 Å². The molecule has 4 atom stereocenters. The molecule has 0 radical (unpaired) electrons. The van der Waals surface area contributed by atoms with Crippen LogP contribution >= 0.6 is 0 Å². The molecule has 4 unspecified atom stereocenters. The van der Waals surface area contributed by atoms with Crippen molar-refractivity contribution >= 4 is 0 Å². The van der Waals surface area contributed by atoms with Gasteiger partial charge in [0, 0.05) is 24.7 Å². The molecule has 0 saturated carbocycles. The van der Waals surface area contributed by atoms with E-state index in [0.29, 0.717) is 6.04 Å². The van der Waals surface area contributed by atoms with Crippen LogP contribution in [0, 0.1) is 11.8 Å². The number of hydrogen-bond acceptors (Lipinski definition) is 2. The summed E-state index contributed by atoms with van der Waals surface area (Å²) in [6, 6.07) is 2.08. The third-order valence-electron chi connectivity index (χ3n) is 4.44. The quantitative estimate of drug-likeness (QED) is 0.772. The van der Waals surface area contributed by atoms with E-state index in [9.17, 15) is 0 Å². The Labute approximate surface area is 108 Å². The Morgan fingerprint density at radius 1 is 1.24 bits per heavy atom. The van der Waals surface area contributed by atoms with Gasteiger partial charge in [-0.2, -0.15) is 0 Å². The van der Waals surface area contributed by atoms with Crippen molar-refractivity contribution in [2.45, 2.75) is 78.4 Å². The van der Waals surface area contributed by atoms with E-state index in [-0.39, 0.29) is 0 Å². The fourth-order valence-electron chi connectivity index (χ4n) is 3.65. The molecule has 1 saturated heterocycles. The fourth-order valence-corrected chi connectivity index (χ4v) is 3.65. The van der Waals surface area contributed by atoms with Gasteiger partial charge in [0.2, 0.25) is 0 Å². The average molecular weight is 240 g/mol. The van der Waals surface area contributed by atoms with E-state index in [1.807, 2.05) is 0 Å². The summed E-state index contributed by atoms with van der Waals surface area (Å²) in [5, 5.41) is 0. The number of nitrogens with two attached hydrogens (primary N) is 1. The molecule has 2 nitrogen and oxygen atoms in total. The van der Waals surface area contributed by atoms with Crippen molar-refractivity contribution in [1.82, 2.24) is 4.90 Å². The molecule has 0 spiro atoms. The molecule has 1 aliphatic rings. The van der Waals surface area contributed by atoms with Gasteiger partial charge in [-0.15, -0.1) is 0 Å². The fraction of sp³-hybridized carbons (Fsp3) is 1.00. The zero-order valence-corrected chi connectivity index (χ0v) is 12.4. The molecule has 0 aromatic heterocycles. The first-order chi connectivity index (χ1) is 8.01. The van der Waals surface area contributed by atoms with Crippen LogP contribution < -0.4 is 5.73 Å². The Hall–Kier alpha value is -0.0800. The lowest BCUT2D eigenvalue weighted by Gasteiger charge is -2.39. The van der Waals surface area contributed by atoms with Gasteiger partial charge in [-0.3, -0.25) is 4.90 Å². The van der Waals surface area contributed by atoms with E-state index >= 15 is 0 Å². The topological polar surface area (TPSA) is 29.3 Å². The summed E-state index contributed by atoms with van der Waals surface area (Å²) >= 11 is 0. The van der Waals surface area contributed by atoms with Crippen molar-refractivity contribution in [2.24, 2.45) is 17.6 Å². The highest BCUT2D eigenvalue weighted by atomic mass is 15.2. The molecular weight excluding hydrogens is 208 g/mol. The van der Waals surface area contributed by atoms with Gasteiger partial charge in [0.25, 0.3) is 0 Å². The molecule has 2 N–H and O–H groups in total. The van der Waals surface area contributed by atoms with E-state index in [0.717, 1.165) is 30.5 Å². The lowest BCUT2D eigenvalue weighted by atomic mass is 9.90. The molecule has 0 aliphatic carbocycles. The van der Waals surface area contributed by atoms with E-state index in [1.54, 1.807) is 0 Å². The summed E-state index contributed by atoms with van der Waals surface area (Å²) in [7, 11) is 0. The maximum atomic E-state index is 6.07. The van der Waals surface area contributed by atoms with Crippen LogP contribution in [0.15, 0.2) is 0 Å². The minimum Gasteiger partial charge on any atom is -0.329 e. The van der Waals surface area contributed by atoms with Crippen molar-refractivity contribution < 1.29 is 0 Å². The van der Waals surface area contributed by atoms with Gasteiger partial charge in [-0.05, 0) is 44.4 Å². The second-order valence-electron chi connectivity index (χ2n) is 6.35. The molecule has 1 aliphatic heterocycles. The smallest absolute Gasteiger partial charge is 0.0249 e. The van der Waals surface area contributed by atoms with Crippen LogP contribution in [-0.4, -0.2) is 29.6 Å². The molecule has 102 valence electrons. The van der Waals surface area contributed by atoms with E-state index in [1.165, 1.54) is 25.7 Å². The van der Waals surface area contributed by atoms with Gasteiger partial charge in [0.1, 0.15) is 0 Å². The molecule has 1 fully saturated rings. The molecule has 0 aromatic rings. The van der Waals surface area contributed by atoms with Crippen LogP contribution in [0.5, 0.6) is 0 Å². The highest BCUT2D eigenvalue weighted by Crippen LogP contribution is 2.32.